The summed E-state index contributed by atoms with van der Waals surface area (Å²) in [6.07, 6.45) is -0.699. The van der Waals surface area contributed by atoms with E-state index in [1.165, 1.54) is 0 Å². The highest BCUT2D eigenvalue weighted by Crippen LogP contribution is 2.43. The monoisotopic (exact) mass is 405 g/mol. The van der Waals surface area contributed by atoms with Crippen molar-refractivity contribution in [2.45, 2.75) is 51.9 Å². The number of carbonyl (C=O) groups excluding carboxylic acids is 1. The van der Waals surface area contributed by atoms with Gasteiger partial charge in [0.25, 0.3) is 0 Å². The van der Waals surface area contributed by atoms with Crippen LogP contribution in [0.1, 0.15) is 39.4 Å². The Labute approximate surface area is 167 Å². The fraction of sp³-hybridized carbons (Fsp3) is 0.429. The van der Waals surface area contributed by atoms with Gasteiger partial charge in [0.2, 0.25) is 0 Å². The van der Waals surface area contributed by atoms with Gasteiger partial charge in [-0.3, -0.25) is 0 Å². The van der Waals surface area contributed by atoms with Gasteiger partial charge in [0, 0.05) is 10.9 Å². The molecule has 0 aliphatic rings. The van der Waals surface area contributed by atoms with Crippen molar-refractivity contribution in [2.75, 3.05) is 6.61 Å². The van der Waals surface area contributed by atoms with Gasteiger partial charge in [0.1, 0.15) is 11.3 Å². The quantitative estimate of drug-likeness (QED) is 0.253. The number of esters is 1. The van der Waals surface area contributed by atoms with Crippen LogP contribution in [0.25, 0.3) is 10.9 Å². The van der Waals surface area contributed by atoms with E-state index in [0.717, 1.165) is 10.9 Å². The molecule has 0 saturated heterocycles. The SMILES string of the molecule is C=C(C(=O)OCC)C(O[Si](C)(C)C(C)(C)C)c1cc2ccccc2nc1Cl. The Balaban J connectivity index is 2.57. The number of pyridine rings is 1. The normalized spacial score (nSPS) is 13.4. The molecule has 0 fully saturated rings. The van der Waals surface area contributed by atoms with Gasteiger partial charge in [-0.05, 0) is 37.2 Å². The summed E-state index contributed by atoms with van der Waals surface area (Å²) >= 11 is 6.50. The lowest BCUT2D eigenvalue weighted by molar-refractivity contribution is -0.139. The van der Waals surface area contributed by atoms with Gasteiger partial charge < -0.3 is 9.16 Å². The predicted molar refractivity (Wildman–Crippen MR) is 114 cm³/mol. The molecule has 0 amide bonds. The second-order valence-electron chi connectivity index (χ2n) is 8.07. The number of fused-ring (bicyclic) bond motifs is 1. The first kappa shape index (κ1) is 21.6. The van der Waals surface area contributed by atoms with E-state index in [-0.39, 0.29) is 17.2 Å². The van der Waals surface area contributed by atoms with E-state index in [2.05, 4.69) is 45.4 Å². The summed E-state index contributed by atoms with van der Waals surface area (Å²) in [6, 6.07) is 9.62. The molecule has 1 atom stereocenters. The van der Waals surface area contributed by atoms with Crippen LogP contribution >= 0.6 is 11.6 Å². The average Bonchev–Trinajstić information content (AvgIpc) is 2.58. The summed E-state index contributed by atoms with van der Waals surface area (Å²) < 4.78 is 11.7. The summed E-state index contributed by atoms with van der Waals surface area (Å²) in [7, 11) is -2.23. The zero-order valence-electron chi connectivity index (χ0n) is 16.9. The maximum Gasteiger partial charge on any atom is 0.336 e. The van der Waals surface area contributed by atoms with Gasteiger partial charge in [0.15, 0.2) is 8.32 Å². The van der Waals surface area contributed by atoms with Crippen LogP contribution in [0.15, 0.2) is 42.5 Å². The van der Waals surface area contributed by atoms with E-state index in [1.54, 1.807) is 6.92 Å². The minimum absolute atomic E-state index is 0.0447. The van der Waals surface area contributed by atoms with E-state index >= 15 is 0 Å². The molecule has 0 saturated carbocycles. The van der Waals surface area contributed by atoms with Gasteiger partial charge in [-0.1, -0.05) is 57.2 Å². The lowest BCUT2D eigenvalue weighted by atomic mass is 10.0. The zero-order chi connectivity index (χ0) is 20.4. The molecular weight excluding hydrogens is 378 g/mol. The number of hydrogen-bond acceptors (Lipinski definition) is 4. The zero-order valence-corrected chi connectivity index (χ0v) is 18.7. The van der Waals surface area contributed by atoms with E-state index in [4.69, 9.17) is 20.8 Å². The first-order chi connectivity index (χ1) is 12.5. The lowest BCUT2D eigenvalue weighted by Gasteiger charge is -2.39. The summed E-state index contributed by atoms with van der Waals surface area (Å²) in [5.74, 6) is -0.481. The van der Waals surface area contributed by atoms with Crippen molar-refractivity contribution in [3.63, 3.8) is 0 Å². The van der Waals surface area contributed by atoms with Gasteiger partial charge in [-0.2, -0.15) is 0 Å². The van der Waals surface area contributed by atoms with Gasteiger partial charge in [0.05, 0.1) is 17.7 Å². The molecule has 1 aromatic heterocycles. The van der Waals surface area contributed by atoms with Crippen LogP contribution in [0.2, 0.25) is 23.3 Å². The van der Waals surface area contributed by atoms with Crippen molar-refractivity contribution in [3.8, 4) is 0 Å². The summed E-state index contributed by atoms with van der Waals surface area (Å²) in [4.78, 5) is 16.9. The molecule has 0 aliphatic heterocycles. The number of hydrogen-bond donors (Lipinski definition) is 0. The standard InChI is InChI=1S/C21H28ClNO3Si/c1-8-25-20(24)14(2)18(26-27(6,7)21(3,4)5)16-13-15-11-9-10-12-17(15)23-19(16)22/h9-13,18H,2,8H2,1,3-7H3. The maximum absolute atomic E-state index is 12.4. The molecule has 6 heteroatoms. The van der Waals surface area contributed by atoms with Gasteiger partial charge in [-0.15, -0.1) is 0 Å². The number of rotatable bonds is 6. The highest BCUT2D eigenvalue weighted by atomic mass is 35.5. The molecule has 1 unspecified atom stereocenters. The Morgan fingerprint density at radius 3 is 2.52 bits per heavy atom. The van der Waals surface area contributed by atoms with Crippen LogP contribution in [0.4, 0.5) is 0 Å². The Kier molecular flexibility index (Phi) is 6.50. The topological polar surface area (TPSA) is 48.4 Å². The number of benzene rings is 1. The van der Waals surface area contributed by atoms with Crippen molar-refractivity contribution in [1.82, 2.24) is 4.98 Å². The third-order valence-corrected chi connectivity index (χ3v) is 9.80. The van der Waals surface area contributed by atoms with Gasteiger partial charge >= 0.3 is 5.97 Å². The molecule has 2 rings (SSSR count). The molecule has 0 aliphatic carbocycles. The number of ether oxygens (including phenoxy) is 1. The number of carbonyl (C=O) groups is 1. The third-order valence-electron chi connectivity index (χ3n) is 5.06. The molecule has 146 valence electrons. The Morgan fingerprint density at radius 2 is 1.93 bits per heavy atom. The second kappa shape index (κ2) is 8.13. The molecule has 4 nitrogen and oxygen atoms in total. The predicted octanol–water partition coefficient (Wildman–Crippen LogP) is 6.07. The van der Waals surface area contributed by atoms with Crippen molar-refractivity contribution in [2.24, 2.45) is 0 Å². The minimum Gasteiger partial charge on any atom is -0.463 e. The lowest BCUT2D eigenvalue weighted by Crippen LogP contribution is -2.42. The minimum atomic E-state index is -2.23. The second-order valence-corrected chi connectivity index (χ2v) is 13.2. The van der Waals surface area contributed by atoms with Crippen LogP contribution in [-0.2, 0) is 14.0 Å². The number of nitrogens with zero attached hydrogens (tertiary/aromatic N) is 1. The van der Waals surface area contributed by atoms with Crippen molar-refractivity contribution < 1.29 is 14.0 Å². The highest BCUT2D eigenvalue weighted by Gasteiger charge is 2.41. The number of para-hydroxylation sites is 1. The Bertz CT molecular complexity index is 858. The van der Waals surface area contributed by atoms with Crippen molar-refractivity contribution in [3.05, 3.63) is 53.2 Å². The van der Waals surface area contributed by atoms with E-state index < -0.39 is 20.4 Å². The van der Waals surface area contributed by atoms with E-state index in [9.17, 15) is 4.79 Å². The molecule has 0 N–H and O–H groups in total. The molecule has 27 heavy (non-hydrogen) atoms. The summed E-state index contributed by atoms with van der Waals surface area (Å²) in [6.45, 7) is 16.7. The van der Waals surface area contributed by atoms with Crippen LogP contribution < -0.4 is 0 Å². The van der Waals surface area contributed by atoms with Crippen molar-refractivity contribution in [1.29, 1.82) is 0 Å². The first-order valence-corrected chi connectivity index (χ1v) is 12.4. The largest absolute Gasteiger partial charge is 0.463 e. The fourth-order valence-corrected chi connectivity index (χ4v) is 3.87. The van der Waals surface area contributed by atoms with E-state index in [0.29, 0.717) is 10.7 Å². The Hall–Kier alpha value is -1.69. The highest BCUT2D eigenvalue weighted by molar-refractivity contribution is 6.74. The van der Waals surface area contributed by atoms with Gasteiger partial charge in [-0.25, -0.2) is 9.78 Å². The smallest absolute Gasteiger partial charge is 0.336 e. The molecule has 1 aromatic carbocycles. The molecule has 0 radical (unpaired) electrons. The summed E-state index contributed by atoms with van der Waals surface area (Å²) in [5.41, 5.74) is 1.66. The molecule has 0 bridgehead atoms. The van der Waals surface area contributed by atoms with Crippen LogP contribution in [0.3, 0.4) is 0 Å². The molecule has 1 heterocycles. The van der Waals surface area contributed by atoms with Crippen molar-refractivity contribution >= 4 is 36.8 Å². The molecule has 0 spiro atoms. The van der Waals surface area contributed by atoms with Crippen LogP contribution in [-0.4, -0.2) is 25.9 Å². The van der Waals surface area contributed by atoms with Crippen LogP contribution in [0, 0.1) is 0 Å². The third kappa shape index (κ3) is 4.78. The first-order valence-electron chi connectivity index (χ1n) is 9.07. The van der Waals surface area contributed by atoms with Crippen LogP contribution in [0.5, 0.6) is 0 Å². The summed E-state index contributed by atoms with van der Waals surface area (Å²) in [5, 5.41) is 1.19. The number of halogens is 1. The maximum atomic E-state index is 12.4. The molecule has 2 aromatic rings. The molecular formula is C21H28ClNO3Si. The fourth-order valence-electron chi connectivity index (χ4n) is 2.42. The Morgan fingerprint density at radius 1 is 1.30 bits per heavy atom. The van der Waals surface area contributed by atoms with E-state index in [1.807, 2.05) is 30.3 Å². The number of aromatic nitrogens is 1. The average molecular weight is 406 g/mol.